The number of nitrogens with zero attached hydrogens (tertiary/aromatic N) is 1. The predicted molar refractivity (Wildman–Crippen MR) is 142 cm³/mol. The topological polar surface area (TPSA) is 120 Å². The van der Waals surface area contributed by atoms with E-state index in [9.17, 15) is 4.79 Å². The molecule has 0 radical (unpaired) electrons. The fourth-order valence-corrected chi connectivity index (χ4v) is 3.71. The lowest BCUT2D eigenvalue weighted by Crippen LogP contribution is -2.10. The van der Waals surface area contributed by atoms with Crippen LogP contribution in [-0.2, 0) is 18.0 Å². The molecule has 0 fully saturated rings. The lowest BCUT2D eigenvalue weighted by atomic mass is 10.0. The zero-order valence-corrected chi connectivity index (χ0v) is 20.4. The summed E-state index contributed by atoms with van der Waals surface area (Å²) in [4.78, 5) is 10.6. The van der Waals surface area contributed by atoms with Crippen LogP contribution in [0, 0.1) is 16.7 Å². The number of nitrogens with one attached hydrogen (secondary N) is 1. The zero-order chi connectivity index (χ0) is 26.1. The zero-order valence-electron chi connectivity index (χ0n) is 20.4. The normalized spacial score (nSPS) is 10.4. The number of rotatable bonds is 7. The first-order valence-electron chi connectivity index (χ1n) is 11.5. The molecule has 0 bridgehead atoms. The predicted octanol–water partition coefficient (Wildman–Crippen LogP) is 6.04. The van der Waals surface area contributed by atoms with E-state index in [4.69, 9.17) is 26.2 Å². The summed E-state index contributed by atoms with van der Waals surface area (Å²) in [5, 5.41) is 27.3. The summed E-state index contributed by atoms with van der Waals surface area (Å²) in [5.41, 5.74) is 9.87. The molecule has 4 rings (SSSR count). The van der Waals surface area contributed by atoms with Crippen LogP contribution in [0.25, 0.3) is 10.8 Å². The summed E-state index contributed by atoms with van der Waals surface area (Å²) in [6, 6.07) is 26.5. The maximum absolute atomic E-state index is 10.6. The monoisotopic (exact) mass is 479 g/mol. The lowest BCUT2D eigenvalue weighted by molar-refractivity contribution is 0.1000. The Morgan fingerprint density at radius 1 is 1.03 bits per heavy atom. The number of nitrogens with two attached hydrogens (primary N) is 1. The van der Waals surface area contributed by atoms with Gasteiger partial charge in [-0.15, -0.1) is 0 Å². The van der Waals surface area contributed by atoms with Gasteiger partial charge in [-0.05, 0) is 57.1 Å². The van der Waals surface area contributed by atoms with Gasteiger partial charge in [0.15, 0.2) is 0 Å². The number of aromatic hydroxyl groups is 1. The molecule has 0 aliphatic rings. The molecule has 0 aliphatic heterocycles. The van der Waals surface area contributed by atoms with Crippen LogP contribution >= 0.6 is 0 Å². The molecule has 0 atom stereocenters. The summed E-state index contributed by atoms with van der Waals surface area (Å²) in [6.45, 7) is 5.59. The summed E-state index contributed by atoms with van der Waals surface area (Å²) in [5.74, 6) is -0.215. The number of fused-ring (bicyclic) bond motifs is 1. The fraction of sp³-hybridized carbons (Fsp3) is 0.167. The Kier molecular flexibility index (Phi) is 8.93. The second-order valence-electron chi connectivity index (χ2n) is 8.60. The first-order valence-corrected chi connectivity index (χ1v) is 11.5. The van der Waals surface area contributed by atoms with Crippen molar-refractivity contribution < 1.29 is 14.6 Å². The van der Waals surface area contributed by atoms with E-state index in [1.54, 1.807) is 6.07 Å². The average molecular weight is 480 g/mol. The van der Waals surface area contributed by atoms with Gasteiger partial charge in [-0.3, -0.25) is 4.79 Å². The Hall–Kier alpha value is -4.47. The van der Waals surface area contributed by atoms with Crippen LogP contribution in [-0.4, -0.2) is 17.2 Å². The molecule has 36 heavy (non-hydrogen) atoms. The van der Waals surface area contributed by atoms with Crippen molar-refractivity contribution in [2.45, 2.75) is 33.0 Å². The molecule has 0 unspecified atom stereocenters. The fourth-order valence-electron chi connectivity index (χ4n) is 3.71. The number of carbonyl (C=O) groups excluding carboxylic acids is 1. The Balaban J connectivity index is 0.000000253. The third-order valence-corrected chi connectivity index (χ3v) is 5.78. The van der Waals surface area contributed by atoms with Crippen LogP contribution in [0.2, 0.25) is 0 Å². The van der Waals surface area contributed by atoms with E-state index in [0.29, 0.717) is 19.1 Å². The van der Waals surface area contributed by atoms with Crippen LogP contribution in [0.3, 0.4) is 0 Å². The van der Waals surface area contributed by atoms with E-state index in [2.05, 4.69) is 56.3 Å². The van der Waals surface area contributed by atoms with Gasteiger partial charge >= 0.3 is 0 Å². The number of ether oxygens (including phenoxy) is 1. The van der Waals surface area contributed by atoms with Crippen molar-refractivity contribution in [2.24, 2.45) is 5.73 Å². The van der Waals surface area contributed by atoms with Gasteiger partial charge in [-0.2, -0.15) is 5.26 Å². The molecule has 182 valence electrons. The van der Waals surface area contributed by atoms with Crippen LogP contribution < -0.4 is 5.73 Å². The highest BCUT2D eigenvalue weighted by atomic mass is 16.5. The first-order chi connectivity index (χ1) is 17.3. The maximum Gasteiger partial charge on any atom is 0.248 e. The largest absolute Gasteiger partial charge is 0.507 e. The lowest BCUT2D eigenvalue weighted by Gasteiger charge is -2.10. The van der Waals surface area contributed by atoms with Crippen LogP contribution in [0.4, 0.5) is 0 Å². The van der Waals surface area contributed by atoms with E-state index in [0.717, 1.165) is 21.9 Å². The number of benzene rings is 4. The highest BCUT2D eigenvalue weighted by Crippen LogP contribution is 2.23. The number of nitriles is 1. The Labute approximate surface area is 211 Å². The van der Waals surface area contributed by atoms with Crippen molar-refractivity contribution in [3.63, 3.8) is 0 Å². The van der Waals surface area contributed by atoms with Gasteiger partial charge in [-0.1, -0.05) is 74.5 Å². The summed E-state index contributed by atoms with van der Waals surface area (Å²) in [7, 11) is 0. The summed E-state index contributed by atoms with van der Waals surface area (Å²) >= 11 is 0. The van der Waals surface area contributed by atoms with Gasteiger partial charge < -0.3 is 21.0 Å². The third kappa shape index (κ3) is 6.56. The second-order valence-corrected chi connectivity index (χ2v) is 8.60. The molecule has 6 nitrogen and oxygen atoms in total. The molecular formula is C30H29N3O3. The average Bonchev–Trinajstić information content (AvgIpc) is 2.89. The first kappa shape index (κ1) is 26.1. The molecular weight excluding hydrogens is 450 g/mol. The Morgan fingerprint density at radius 2 is 1.72 bits per heavy atom. The molecule has 0 saturated heterocycles. The van der Waals surface area contributed by atoms with E-state index < -0.39 is 5.91 Å². The quantitative estimate of drug-likeness (QED) is 0.280. The number of amides is 1. The molecule has 0 aliphatic carbocycles. The van der Waals surface area contributed by atoms with Crippen molar-refractivity contribution in [1.29, 1.82) is 10.7 Å². The van der Waals surface area contributed by atoms with Gasteiger partial charge in [0, 0.05) is 11.8 Å². The van der Waals surface area contributed by atoms with Gasteiger partial charge in [0.2, 0.25) is 5.91 Å². The van der Waals surface area contributed by atoms with E-state index in [-0.39, 0.29) is 16.9 Å². The third-order valence-electron chi connectivity index (χ3n) is 5.78. The molecule has 4 N–H and O–H groups in total. The number of phenols is 1. The minimum absolute atomic E-state index is 0.0475. The number of hydrogen-bond donors (Lipinski definition) is 3. The van der Waals surface area contributed by atoms with Gasteiger partial charge in [0.25, 0.3) is 0 Å². The van der Waals surface area contributed by atoms with E-state index in [1.807, 2.05) is 18.2 Å². The summed E-state index contributed by atoms with van der Waals surface area (Å²) < 4.78 is 5.93. The standard InChI is InChI=1S/C22H23NO.C8H6N2O2/c1-16(2)18-11-9-17(10-12-18)14-24-15-20-6-4-7-21-19(13-23)5-3-8-22(20)21;9-4-6-3-5(8(10)12)1-2-7(6)11/h3-13,16,23H,14-15H2,1-2H3;1-3,11H,(H2,10,12). The smallest absolute Gasteiger partial charge is 0.248 e. The molecule has 4 aromatic carbocycles. The van der Waals surface area contributed by atoms with Gasteiger partial charge in [0.1, 0.15) is 11.8 Å². The highest BCUT2D eigenvalue weighted by Gasteiger charge is 2.06. The van der Waals surface area contributed by atoms with E-state index in [1.165, 1.54) is 35.5 Å². The number of hydrogen-bond acceptors (Lipinski definition) is 5. The SMILES string of the molecule is CC(C)c1ccc(COCc2cccc3c(C=N)cccc23)cc1.N#Cc1cc(C(N)=O)ccc1O. The number of primary amides is 1. The van der Waals surface area contributed by atoms with Crippen molar-refractivity contribution in [3.05, 3.63) is 112 Å². The molecule has 0 spiro atoms. The van der Waals surface area contributed by atoms with Crippen molar-refractivity contribution in [3.8, 4) is 11.8 Å². The number of phenolic OH excluding ortho intramolecular Hbond substituents is 1. The number of carbonyl (C=O) groups is 1. The molecule has 0 aromatic heterocycles. The summed E-state index contributed by atoms with van der Waals surface area (Å²) in [6.07, 6.45) is 1.41. The van der Waals surface area contributed by atoms with Crippen molar-refractivity contribution in [1.82, 2.24) is 0 Å². The molecule has 6 heteroatoms. The van der Waals surface area contributed by atoms with Gasteiger partial charge in [-0.25, -0.2) is 0 Å². The van der Waals surface area contributed by atoms with Crippen molar-refractivity contribution in [2.75, 3.05) is 0 Å². The highest BCUT2D eigenvalue weighted by molar-refractivity contribution is 6.00. The molecule has 0 heterocycles. The molecule has 4 aromatic rings. The Morgan fingerprint density at radius 3 is 2.36 bits per heavy atom. The van der Waals surface area contributed by atoms with Crippen LogP contribution in [0.1, 0.15) is 57.9 Å². The molecule has 0 saturated carbocycles. The van der Waals surface area contributed by atoms with Crippen LogP contribution in [0.5, 0.6) is 5.75 Å². The van der Waals surface area contributed by atoms with Gasteiger partial charge in [0.05, 0.1) is 18.8 Å². The minimum Gasteiger partial charge on any atom is -0.507 e. The Bertz CT molecular complexity index is 1400. The molecule has 1 amide bonds. The minimum atomic E-state index is -0.619. The van der Waals surface area contributed by atoms with Crippen LogP contribution in [0.15, 0.2) is 78.9 Å². The maximum atomic E-state index is 10.6. The van der Waals surface area contributed by atoms with E-state index >= 15 is 0 Å². The van der Waals surface area contributed by atoms with Crippen molar-refractivity contribution >= 4 is 22.9 Å². The second kappa shape index (κ2) is 12.3.